The average Bonchev–Trinajstić information content (AvgIpc) is 2.55. The largest absolute Gasteiger partial charge is 0.333 e. The van der Waals surface area contributed by atoms with E-state index in [9.17, 15) is 9.59 Å². The highest BCUT2D eigenvalue weighted by molar-refractivity contribution is 6.31. The molecule has 1 saturated heterocycles. The summed E-state index contributed by atoms with van der Waals surface area (Å²) in [7, 11) is 0. The second kappa shape index (κ2) is 9.38. The maximum absolute atomic E-state index is 12.6. The lowest BCUT2D eigenvalue weighted by atomic mass is 9.92. The van der Waals surface area contributed by atoms with Crippen LogP contribution in [-0.2, 0) is 9.59 Å². The number of hydrogen-bond acceptors (Lipinski definition) is 3. The van der Waals surface area contributed by atoms with Crippen LogP contribution in [0.1, 0.15) is 32.8 Å². The lowest BCUT2D eigenvalue weighted by Crippen LogP contribution is -2.47. The Balaban J connectivity index is 1.91. The topological polar surface area (TPSA) is 52.7 Å². The number of nitrogens with one attached hydrogen (secondary N) is 1. The Morgan fingerprint density at radius 3 is 2.54 bits per heavy atom. The van der Waals surface area contributed by atoms with E-state index in [0.29, 0.717) is 35.6 Å². The van der Waals surface area contributed by atoms with E-state index < -0.39 is 0 Å². The van der Waals surface area contributed by atoms with Crippen molar-refractivity contribution in [3.05, 3.63) is 28.8 Å². The highest BCUT2D eigenvalue weighted by atomic mass is 35.5. The van der Waals surface area contributed by atoms with Crippen molar-refractivity contribution in [2.75, 3.05) is 38.0 Å². The number of amides is 2. The zero-order valence-corrected chi connectivity index (χ0v) is 17.0. The number of aryl methyl sites for hydroxylation is 1. The Morgan fingerprint density at radius 2 is 1.92 bits per heavy atom. The number of benzene rings is 1. The molecule has 1 fully saturated rings. The van der Waals surface area contributed by atoms with Gasteiger partial charge in [0.2, 0.25) is 11.8 Å². The summed E-state index contributed by atoms with van der Waals surface area (Å²) in [6.07, 6.45) is 1.21. The monoisotopic (exact) mass is 379 g/mol. The number of halogens is 1. The van der Waals surface area contributed by atoms with Crippen molar-refractivity contribution in [1.82, 2.24) is 9.80 Å². The van der Waals surface area contributed by atoms with Gasteiger partial charge < -0.3 is 10.2 Å². The molecule has 144 valence electrons. The van der Waals surface area contributed by atoms with Gasteiger partial charge in [-0.3, -0.25) is 14.5 Å². The summed E-state index contributed by atoms with van der Waals surface area (Å²) in [4.78, 5) is 28.9. The standard InChI is InChI=1S/C20H30ClN3O2/c1-5-24(20(26)13-23-10-14(2)8-15(3)11-23)12-19(25)22-18-9-17(21)7-6-16(18)4/h6-7,9,14-15H,5,8,10-13H2,1-4H3,(H,22,25)/t14-,15-/m1/s1. The van der Waals surface area contributed by atoms with Gasteiger partial charge in [0.25, 0.3) is 0 Å². The molecule has 2 rings (SSSR count). The van der Waals surface area contributed by atoms with Gasteiger partial charge in [-0.25, -0.2) is 0 Å². The first-order valence-electron chi connectivity index (χ1n) is 9.34. The van der Waals surface area contributed by atoms with Gasteiger partial charge in [0.05, 0.1) is 13.1 Å². The van der Waals surface area contributed by atoms with E-state index >= 15 is 0 Å². The molecule has 0 spiro atoms. The van der Waals surface area contributed by atoms with Gasteiger partial charge in [-0.05, 0) is 49.8 Å². The molecule has 6 heteroatoms. The van der Waals surface area contributed by atoms with Crippen molar-refractivity contribution in [2.24, 2.45) is 11.8 Å². The van der Waals surface area contributed by atoms with Crippen LogP contribution >= 0.6 is 11.6 Å². The first-order valence-corrected chi connectivity index (χ1v) is 9.72. The van der Waals surface area contributed by atoms with Crippen LogP contribution in [-0.4, -0.2) is 54.3 Å². The second-order valence-corrected chi connectivity index (χ2v) is 7.99. The van der Waals surface area contributed by atoms with Gasteiger partial charge >= 0.3 is 0 Å². The maximum atomic E-state index is 12.6. The summed E-state index contributed by atoms with van der Waals surface area (Å²) in [6.45, 7) is 11.1. The average molecular weight is 380 g/mol. The van der Waals surface area contributed by atoms with E-state index in [1.54, 1.807) is 17.0 Å². The predicted octanol–water partition coefficient (Wildman–Crippen LogP) is 3.41. The Kier molecular flexibility index (Phi) is 7.47. The lowest BCUT2D eigenvalue weighted by molar-refractivity contribution is -0.136. The minimum atomic E-state index is -0.203. The summed E-state index contributed by atoms with van der Waals surface area (Å²) in [6, 6.07) is 5.37. The number of carbonyl (C=O) groups excluding carboxylic acids is 2. The molecule has 1 aromatic carbocycles. The predicted molar refractivity (Wildman–Crippen MR) is 106 cm³/mol. The number of anilines is 1. The molecule has 1 heterocycles. The molecule has 2 amide bonds. The van der Waals surface area contributed by atoms with Crippen LogP contribution in [0.5, 0.6) is 0 Å². The van der Waals surface area contributed by atoms with E-state index in [1.807, 2.05) is 19.9 Å². The van der Waals surface area contributed by atoms with Crippen molar-refractivity contribution in [2.45, 2.75) is 34.1 Å². The number of nitrogens with zero attached hydrogens (tertiary/aromatic N) is 2. The molecule has 0 aromatic heterocycles. The Hall–Kier alpha value is -1.59. The fraction of sp³-hybridized carbons (Fsp3) is 0.600. The van der Waals surface area contributed by atoms with Crippen LogP contribution in [0, 0.1) is 18.8 Å². The van der Waals surface area contributed by atoms with Gasteiger partial charge in [-0.2, -0.15) is 0 Å². The SMILES string of the molecule is CCN(CC(=O)Nc1cc(Cl)ccc1C)C(=O)CN1C[C@H](C)C[C@@H](C)C1. The van der Waals surface area contributed by atoms with E-state index in [2.05, 4.69) is 24.1 Å². The van der Waals surface area contributed by atoms with Crippen LogP contribution in [0.15, 0.2) is 18.2 Å². The molecule has 0 aliphatic carbocycles. The number of hydrogen-bond donors (Lipinski definition) is 1. The highest BCUT2D eigenvalue weighted by Gasteiger charge is 2.25. The van der Waals surface area contributed by atoms with E-state index in [4.69, 9.17) is 11.6 Å². The quantitative estimate of drug-likeness (QED) is 0.824. The van der Waals surface area contributed by atoms with Gasteiger partial charge in [0, 0.05) is 30.3 Å². The summed E-state index contributed by atoms with van der Waals surface area (Å²) in [5.41, 5.74) is 1.62. The van der Waals surface area contributed by atoms with E-state index in [1.165, 1.54) is 6.42 Å². The third-order valence-electron chi connectivity index (χ3n) is 4.85. The number of piperidine rings is 1. The molecular weight excluding hydrogens is 350 g/mol. The van der Waals surface area contributed by atoms with Gasteiger partial charge in [0.1, 0.15) is 0 Å². The molecule has 26 heavy (non-hydrogen) atoms. The molecule has 1 aliphatic heterocycles. The van der Waals surface area contributed by atoms with Crippen molar-refractivity contribution >= 4 is 29.1 Å². The normalized spacial score (nSPS) is 20.7. The van der Waals surface area contributed by atoms with E-state index in [-0.39, 0.29) is 18.4 Å². The van der Waals surface area contributed by atoms with Crippen molar-refractivity contribution in [3.8, 4) is 0 Å². The highest BCUT2D eigenvalue weighted by Crippen LogP contribution is 2.21. The Bertz CT molecular complexity index is 640. The first-order chi connectivity index (χ1) is 12.3. The molecule has 5 nitrogen and oxygen atoms in total. The summed E-state index contributed by atoms with van der Waals surface area (Å²) in [5.74, 6) is 1.02. The smallest absolute Gasteiger partial charge is 0.244 e. The maximum Gasteiger partial charge on any atom is 0.244 e. The van der Waals surface area contributed by atoms with Crippen LogP contribution in [0.4, 0.5) is 5.69 Å². The molecule has 0 radical (unpaired) electrons. The Labute approximate surface area is 161 Å². The summed E-state index contributed by atoms with van der Waals surface area (Å²) in [5, 5.41) is 3.43. The lowest BCUT2D eigenvalue weighted by Gasteiger charge is -2.35. The van der Waals surface area contributed by atoms with E-state index in [0.717, 1.165) is 18.7 Å². The molecule has 1 N–H and O–H groups in total. The molecule has 2 atom stereocenters. The van der Waals surface area contributed by atoms with Crippen LogP contribution in [0.3, 0.4) is 0 Å². The van der Waals surface area contributed by atoms with Crippen molar-refractivity contribution < 1.29 is 9.59 Å². The summed E-state index contributed by atoms with van der Waals surface area (Å²) >= 11 is 5.99. The third kappa shape index (κ3) is 5.99. The number of carbonyl (C=O) groups is 2. The first kappa shape index (κ1) is 20.7. The number of rotatable bonds is 6. The summed E-state index contributed by atoms with van der Waals surface area (Å²) < 4.78 is 0. The minimum absolute atomic E-state index is 0.00626. The molecule has 0 bridgehead atoms. The van der Waals surface area contributed by atoms with Gasteiger partial charge in [0.15, 0.2) is 0 Å². The zero-order valence-electron chi connectivity index (χ0n) is 16.2. The van der Waals surface area contributed by atoms with Crippen molar-refractivity contribution in [3.63, 3.8) is 0 Å². The molecule has 1 aliphatic rings. The molecule has 0 saturated carbocycles. The molecule has 0 unspecified atom stereocenters. The number of likely N-dealkylation sites (N-methyl/N-ethyl adjacent to an activating group) is 1. The van der Waals surface area contributed by atoms with Gasteiger partial charge in [-0.15, -0.1) is 0 Å². The fourth-order valence-corrected chi connectivity index (χ4v) is 3.85. The third-order valence-corrected chi connectivity index (χ3v) is 5.08. The zero-order chi connectivity index (χ0) is 19.3. The Morgan fingerprint density at radius 1 is 1.27 bits per heavy atom. The van der Waals surface area contributed by atoms with Crippen molar-refractivity contribution in [1.29, 1.82) is 0 Å². The van der Waals surface area contributed by atoms with Crippen LogP contribution < -0.4 is 5.32 Å². The van der Waals surface area contributed by atoms with Gasteiger partial charge in [-0.1, -0.05) is 31.5 Å². The molecular formula is C20H30ClN3O2. The van der Waals surface area contributed by atoms with Crippen LogP contribution in [0.25, 0.3) is 0 Å². The number of likely N-dealkylation sites (tertiary alicyclic amines) is 1. The van der Waals surface area contributed by atoms with Crippen LogP contribution in [0.2, 0.25) is 5.02 Å². The minimum Gasteiger partial charge on any atom is -0.333 e. The second-order valence-electron chi connectivity index (χ2n) is 7.56. The fourth-order valence-electron chi connectivity index (χ4n) is 3.68. The molecule has 1 aromatic rings.